The van der Waals surface area contributed by atoms with Crippen LogP contribution in [0, 0.1) is 0 Å². The Balaban J connectivity index is 1.90. The van der Waals surface area contributed by atoms with E-state index in [1.165, 1.54) is 18.2 Å². The summed E-state index contributed by atoms with van der Waals surface area (Å²) >= 11 is 0. The van der Waals surface area contributed by atoms with Crippen LogP contribution in [0.25, 0.3) is 16.9 Å². The van der Waals surface area contributed by atoms with Gasteiger partial charge in [0.15, 0.2) is 5.75 Å². The van der Waals surface area contributed by atoms with E-state index in [0.717, 1.165) is 16.8 Å². The van der Waals surface area contributed by atoms with Crippen LogP contribution in [0.15, 0.2) is 95.8 Å². The fraction of sp³-hybridized carbons (Fsp3) is 0.0435. The van der Waals surface area contributed by atoms with Gasteiger partial charge in [-0.15, -0.1) is 0 Å². The number of benzene rings is 3. The number of aromatic nitrogens is 2. The number of ether oxygens (including phenoxy) is 1. The molecule has 4 nitrogen and oxygen atoms in total. The number of alkyl halides is 3. The van der Waals surface area contributed by atoms with Gasteiger partial charge in [-0.1, -0.05) is 48.5 Å². The largest absolute Gasteiger partial charge is 0.455 e. The minimum atomic E-state index is -4.51. The van der Waals surface area contributed by atoms with Gasteiger partial charge in [-0.2, -0.15) is 23.0 Å². The Morgan fingerprint density at radius 1 is 0.800 bits per heavy atom. The molecule has 7 heteroatoms. The smallest absolute Gasteiger partial charge is 0.416 e. The molecule has 30 heavy (non-hydrogen) atoms. The van der Waals surface area contributed by atoms with Gasteiger partial charge in [-0.25, -0.2) is 0 Å². The average molecular weight is 408 g/mol. The van der Waals surface area contributed by atoms with E-state index in [-0.39, 0.29) is 17.0 Å². The van der Waals surface area contributed by atoms with E-state index in [2.05, 4.69) is 5.10 Å². The molecule has 0 atom stereocenters. The summed E-state index contributed by atoms with van der Waals surface area (Å²) in [6.07, 6.45) is -4.51. The van der Waals surface area contributed by atoms with Crippen LogP contribution in [0.3, 0.4) is 0 Å². The second kappa shape index (κ2) is 7.87. The summed E-state index contributed by atoms with van der Waals surface area (Å²) in [5, 5.41) is 4.34. The Bertz CT molecular complexity index is 1220. The Hall–Kier alpha value is -3.87. The Morgan fingerprint density at radius 2 is 1.47 bits per heavy atom. The van der Waals surface area contributed by atoms with Gasteiger partial charge < -0.3 is 4.74 Å². The van der Waals surface area contributed by atoms with Crippen molar-refractivity contribution in [1.29, 1.82) is 0 Å². The van der Waals surface area contributed by atoms with E-state index in [1.807, 2.05) is 0 Å². The highest BCUT2D eigenvalue weighted by molar-refractivity contribution is 5.67. The predicted octanol–water partition coefficient (Wildman–Crippen LogP) is 5.71. The van der Waals surface area contributed by atoms with E-state index >= 15 is 0 Å². The van der Waals surface area contributed by atoms with Crippen LogP contribution < -0.4 is 10.3 Å². The first-order valence-corrected chi connectivity index (χ1v) is 9.02. The van der Waals surface area contributed by atoms with Gasteiger partial charge in [0, 0.05) is 5.56 Å². The summed E-state index contributed by atoms with van der Waals surface area (Å²) in [5.41, 5.74) is -0.497. The molecule has 0 fully saturated rings. The molecule has 0 saturated heterocycles. The number of halogens is 3. The van der Waals surface area contributed by atoms with Gasteiger partial charge >= 0.3 is 6.18 Å². The van der Waals surface area contributed by atoms with Crippen LogP contribution in [0.4, 0.5) is 13.2 Å². The summed E-state index contributed by atoms with van der Waals surface area (Å²) < 4.78 is 46.6. The molecule has 0 saturated carbocycles. The molecule has 150 valence electrons. The zero-order valence-corrected chi connectivity index (χ0v) is 15.5. The van der Waals surface area contributed by atoms with Crippen molar-refractivity contribution in [2.75, 3.05) is 0 Å². The summed E-state index contributed by atoms with van der Waals surface area (Å²) in [5.74, 6) is 0.502. The van der Waals surface area contributed by atoms with Crippen molar-refractivity contribution in [2.45, 2.75) is 6.18 Å². The predicted molar refractivity (Wildman–Crippen MR) is 107 cm³/mol. The highest BCUT2D eigenvalue weighted by Gasteiger charge is 2.31. The van der Waals surface area contributed by atoms with Gasteiger partial charge in [-0.3, -0.25) is 4.79 Å². The van der Waals surface area contributed by atoms with Crippen molar-refractivity contribution >= 4 is 0 Å². The summed E-state index contributed by atoms with van der Waals surface area (Å²) in [6.45, 7) is 0. The number of rotatable bonds is 4. The lowest BCUT2D eigenvalue weighted by atomic mass is 10.1. The molecule has 3 aromatic carbocycles. The first kappa shape index (κ1) is 19.4. The molecule has 0 unspecified atom stereocenters. The second-order valence-corrected chi connectivity index (χ2v) is 6.44. The lowest BCUT2D eigenvalue weighted by Crippen LogP contribution is -2.21. The monoisotopic (exact) mass is 408 g/mol. The second-order valence-electron chi connectivity index (χ2n) is 6.44. The fourth-order valence-corrected chi connectivity index (χ4v) is 2.93. The van der Waals surface area contributed by atoms with Crippen LogP contribution in [0.5, 0.6) is 11.5 Å². The molecular formula is C23H15F3N2O2. The van der Waals surface area contributed by atoms with Crippen molar-refractivity contribution in [3.05, 3.63) is 107 Å². The van der Waals surface area contributed by atoms with Crippen LogP contribution in [0.1, 0.15) is 5.56 Å². The van der Waals surface area contributed by atoms with Crippen molar-refractivity contribution in [3.63, 3.8) is 0 Å². The van der Waals surface area contributed by atoms with Gasteiger partial charge in [0.2, 0.25) is 0 Å². The van der Waals surface area contributed by atoms with E-state index in [1.54, 1.807) is 60.7 Å². The Labute approximate surface area is 169 Å². The minimum absolute atomic E-state index is 0.0673. The summed E-state index contributed by atoms with van der Waals surface area (Å²) in [6, 6.07) is 23.3. The van der Waals surface area contributed by atoms with E-state index < -0.39 is 17.3 Å². The van der Waals surface area contributed by atoms with Crippen LogP contribution in [-0.2, 0) is 6.18 Å². The molecule has 1 heterocycles. The highest BCUT2D eigenvalue weighted by atomic mass is 19.4. The number of para-hydroxylation sites is 2. The first-order valence-electron chi connectivity index (χ1n) is 9.02. The molecule has 0 radical (unpaired) electrons. The lowest BCUT2D eigenvalue weighted by Gasteiger charge is -2.14. The van der Waals surface area contributed by atoms with Gasteiger partial charge in [0.05, 0.1) is 17.3 Å². The van der Waals surface area contributed by atoms with E-state index in [9.17, 15) is 18.0 Å². The topological polar surface area (TPSA) is 44.1 Å². The maximum atomic E-state index is 13.2. The average Bonchev–Trinajstić information content (AvgIpc) is 2.75. The van der Waals surface area contributed by atoms with Gasteiger partial charge in [-0.05, 0) is 36.4 Å². The zero-order valence-electron chi connectivity index (χ0n) is 15.5. The fourth-order valence-electron chi connectivity index (χ4n) is 2.93. The maximum Gasteiger partial charge on any atom is 0.416 e. The van der Waals surface area contributed by atoms with Crippen LogP contribution in [-0.4, -0.2) is 9.78 Å². The van der Waals surface area contributed by atoms with E-state index in [4.69, 9.17) is 4.74 Å². The standard InChI is InChI=1S/C23H15F3N2O2/c24-23(25,26)17-9-7-8-16(14-17)22-20(30-19-12-5-2-6-13-19)15-21(29)28(27-22)18-10-3-1-4-11-18/h1-15H. The quantitative estimate of drug-likeness (QED) is 0.434. The highest BCUT2D eigenvalue weighted by Crippen LogP contribution is 2.35. The molecule has 1 aromatic heterocycles. The van der Waals surface area contributed by atoms with Crippen LogP contribution >= 0.6 is 0 Å². The SMILES string of the molecule is O=c1cc(Oc2ccccc2)c(-c2cccc(C(F)(F)F)c2)nn1-c1ccccc1. The molecule has 0 aliphatic carbocycles. The molecule has 0 aliphatic heterocycles. The third-order valence-corrected chi connectivity index (χ3v) is 4.33. The molecule has 4 aromatic rings. The maximum absolute atomic E-state index is 13.2. The Kier molecular flexibility index (Phi) is 5.10. The first-order chi connectivity index (χ1) is 14.4. The third-order valence-electron chi connectivity index (χ3n) is 4.33. The normalized spacial score (nSPS) is 11.3. The van der Waals surface area contributed by atoms with Gasteiger partial charge in [0.1, 0.15) is 11.4 Å². The van der Waals surface area contributed by atoms with Crippen LogP contribution in [0.2, 0.25) is 0 Å². The lowest BCUT2D eigenvalue weighted by molar-refractivity contribution is -0.137. The number of nitrogens with zero attached hydrogens (tertiary/aromatic N) is 2. The van der Waals surface area contributed by atoms with E-state index in [0.29, 0.717) is 11.4 Å². The Morgan fingerprint density at radius 3 is 2.13 bits per heavy atom. The minimum Gasteiger partial charge on any atom is -0.455 e. The summed E-state index contributed by atoms with van der Waals surface area (Å²) in [7, 11) is 0. The molecular weight excluding hydrogens is 393 g/mol. The zero-order chi connectivity index (χ0) is 21.1. The third kappa shape index (κ3) is 4.10. The molecule has 0 amide bonds. The van der Waals surface area contributed by atoms with Crippen molar-refractivity contribution in [1.82, 2.24) is 9.78 Å². The molecule has 0 N–H and O–H groups in total. The molecule has 0 aliphatic rings. The van der Waals surface area contributed by atoms with Crippen molar-refractivity contribution in [3.8, 4) is 28.4 Å². The van der Waals surface area contributed by atoms with Crippen molar-refractivity contribution < 1.29 is 17.9 Å². The molecule has 4 rings (SSSR count). The number of hydrogen-bond donors (Lipinski definition) is 0. The van der Waals surface area contributed by atoms with Gasteiger partial charge in [0.25, 0.3) is 5.56 Å². The number of hydrogen-bond acceptors (Lipinski definition) is 3. The molecule has 0 spiro atoms. The summed E-state index contributed by atoms with van der Waals surface area (Å²) in [4.78, 5) is 12.7. The molecule has 0 bridgehead atoms. The van der Waals surface area contributed by atoms with Crippen molar-refractivity contribution in [2.24, 2.45) is 0 Å².